The summed E-state index contributed by atoms with van der Waals surface area (Å²) in [7, 11) is -2.06. The summed E-state index contributed by atoms with van der Waals surface area (Å²) >= 11 is 3.29. The fraction of sp³-hybridized carbons (Fsp3) is 0.241. The molecule has 0 amide bonds. The Morgan fingerprint density at radius 3 is 2.41 bits per heavy atom. The minimum absolute atomic E-state index is 0.0194. The summed E-state index contributed by atoms with van der Waals surface area (Å²) in [5, 5.41) is 0. The highest BCUT2D eigenvalue weighted by Gasteiger charge is 2.38. The Morgan fingerprint density at radius 1 is 1.05 bits per heavy atom. The number of nitrogens with one attached hydrogen (secondary N) is 1. The van der Waals surface area contributed by atoms with E-state index in [2.05, 4.69) is 20.7 Å². The number of sulfonamides is 1. The van der Waals surface area contributed by atoms with Crippen LogP contribution in [0.3, 0.4) is 0 Å². The Labute approximate surface area is 236 Å². The van der Waals surface area contributed by atoms with Crippen LogP contribution < -0.4 is 14.4 Å². The van der Waals surface area contributed by atoms with Gasteiger partial charge in [0.2, 0.25) is 0 Å². The molecule has 0 saturated heterocycles. The fourth-order valence-electron chi connectivity index (χ4n) is 4.52. The number of allylic oxidation sites excluding steroid dienone is 1. The molecule has 0 atom stereocenters. The van der Waals surface area contributed by atoms with Crippen molar-refractivity contribution in [2.45, 2.75) is 31.1 Å². The van der Waals surface area contributed by atoms with Crippen molar-refractivity contribution in [3.05, 3.63) is 94.1 Å². The van der Waals surface area contributed by atoms with Crippen LogP contribution in [0.15, 0.2) is 87.9 Å². The molecule has 1 N–H and O–H groups in total. The first-order valence-electron chi connectivity index (χ1n) is 12.2. The van der Waals surface area contributed by atoms with Crippen LogP contribution in [0.5, 0.6) is 5.75 Å². The largest absolute Gasteiger partial charge is 0.492 e. The van der Waals surface area contributed by atoms with Gasteiger partial charge in [0, 0.05) is 40.1 Å². The zero-order valence-electron chi connectivity index (χ0n) is 22.0. The van der Waals surface area contributed by atoms with Gasteiger partial charge in [0.15, 0.2) is 12.4 Å². The number of nitrogens with zero attached hydrogens (tertiary/aromatic N) is 1. The Balaban J connectivity index is 1.40. The zero-order chi connectivity index (χ0) is 28.4. The van der Waals surface area contributed by atoms with Crippen molar-refractivity contribution in [2.75, 3.05) is 29.9 Å². The summed E-state index contributed by atoms with van der Waals surface area (Å²) in [6.07, 6.45) is 1.52. The van der Waals surface area contributed by atoms with Crippen molar-refractivity contribution in [2.24, 2.45) is 0 Å². The van der Waals surface area contributed by atoms with E-state index in [0.29, 0.717) is 11.1 Å². The standard InChI is InChI=1S/C29H29BrN2O6S/c1-5-37-25-15-12-20(30)16-26(25)39(35,36)31-21-13-10-19(11-14-21)28(34)38-18-22(33)17-27-29(2,3)23-8-6-7-9-24(23)32(27)4/h6-17,31H,5,18H2,1-4H3. The van der Waals surface area contributed by atoms with E-state index in [-0.39, 0.29) is 33.1 Å². The Kier molecular flexibility index (Phi) is 8.17. The summed E-state index contributed by atoms with van der Waals surface area (Å²) in [6.45, 7) is 5.75. The van der Waals surface area contributed by atoms with Gasteiger partial charge >= 0.3 is 5.97 Å². The zero-order valence-corrected chi connectivity index (χ0v) is 24.4. The number of para-hydroxylation sites is 1. The molecule has 204 valence electrons. The summed E-state index contributed by atoms with van der Waals surface area (Å²) in [5.41, 5.74) is 3.03. The number of hydrogen-bond acceptors (Lipinski definition) is 7. The number of carbonyl (C=O) groups excluding carboxylic acids is 2. The molecule has 0 spiro atoms. The second-order valence-corrected chi connectivity index (χ2v) is 12.0. The molecule has 3 aromatic rings. The van der Waals surface area contributed by atoms with Crippen LogP contribution in [-0.2, 0) is 25.0 Å². The van der Waals surface area contributed by atoms with E-state index in [0.717, 1.165) is 16.9 Å². The third-order valence-electron chi connectivity index (χ3n) is 6.45. The maximum absolute atomic E-state index is 13.0. The number of fused-ring (bicyclic) bond motifs is 1. The molecule has 0 radical (unpaired) electrons. The maximum Gasteiger partial charge on any atom is 0.338 e. The van der Waals surface area contributed by atoms with Crippen LogP contribution in [0.4, 0.5) is 11.4 Å². The van der Waals surface area contributed by atoms with Crippen LogP contribution in [-0.4, -0.2) is 40.4 Å². The highest BCUT2D eigenvalue weighted by atomic mass is 79.9. The lowest BCUT2D eigenvalue weighted by Gasteiger charge is -2.23. The van der Waals surface area contributed by atoms with Crippen molar-refractivity contribution in [3.63, 3.8) is 0 Å². The van der Waals surface area contributed by atoms with Crippen LogP contribution in [0, 0.1) is 0 Å². The maximum atomic E-state index is 13.0. The minimum Gasteiger partial charge on any atom is -0.492 e. The summed E-state index contributed by atoms with van der Waals surface area (Å²) in [6, 6.07) is 18.4. The second-order valence-electron chi connectivity index (χ2n) is 9.48. The molecule has 8 nitrogen and oxygen atoms in total. The van der Waals surface area contributed by atoms with Gasteiger partial charge in [-0.15, -0.1) is 0 Å². The Hall–Kier alpha value is -3.63. The quantitative estimate of drug-likeness (QED) is 0.245. The number of ether oxygens (including phenoxy) is 2. The van der Waals surface area contributed by atoms with E-state index in [9.17, 15) is 18.0 Å². The summed E-state index contributed by atoms with van der Waals surface area (Å²) < 4.78 is 39.7. The lowest BCUT2D eigenvalue weighted by atomic mass is 9.83. The fourth-order valence-corrected chi connectivity index (χ4v) is 6.27. The van der Waals surface area contributed by atoms with Crippen molar-refractivity contribution >= 4 is 49.1 Å². The van der Waals surface area contributed by atoms with Crippen molar-refractivity contribution in [1.29, 1.82) is 0 Å². The highest BCUT2D eigenvalue weighted by molar-refractivity contribution is 9.10. The second kappa shape index (κ2) is 11.2. The number of likely N-dealkylation sites (N-methyl/N-ethyl adjacent to an activating group) is 1. The van der Waals surface area contributed by atoms with E-state index < -0.39 is 22.6 Å². The Morgan fingerprint density at radius 2 is 1.74 bits per heavy atom. The molecule has 3 aromatic carbocycles. The molecule has 0 aliphatic carbocycles. The number of ketones is 1. The van der Waals surface area contributed by atoms with E-state index in [4.69, 9.17) is 9.47 Å². The van der Waals surface area contributed by atoms with Crippen LogP contribution in [0.1, 0.15) is 36.7 Å². The van der Waals surface area contributed by atoms with Gasteiger partial charge in [0.05, 0.1) is 12.2 Å². The first-order chi connectivity index (χ1) is 18.4. The van der Waals surface area contributed by atoms with Gasteiger partial charge in [-0.2, -0.15) is 0 Å². The number of carbonyl (C=O) groups is 2. The molecular formula is C29H29BrN2O6S. The van der Waals surface area contributed by atoms with Crippen LogP contribution in [0.25, 0.3) is 0 Å². The molecule has 10 heteroatoms. The van der Waals surface area contributed by atoms with Gasteiger partial charge in [-0.3, -0.25) is 9.52 Å². The molecule has 0 aromatic heterocycles. The molecule has 1 aliphatic heterocycles. The van der Waals surface area contributed by atoms with Gasteiger partial charge < -0.3 is 14.4 Å². The predicted octanol–water partition coefficient (Wildman–Crippen LogP) is 5.69. The number of esters is 1. The van der Waals surface area contributed by atoms with E-state index in [1.165, 1.54) is 36.4 Å². The molecule has 0 fully saturated rings. The normalized spacial score (nSPS) is 15.1. The minimum atomic E-state index is -3.96. The smallest absolute Gasteiger partial charge is 0.338 e. The number of anilines is 2. The number of benzene rings is 3. The Bertz CT molecular complexity index is 1550. The lowest BCUT2D eigenvalue weighted by Crippen LogP contribution is -2.25. The SMILES string of the molecule is CCOc1ccc(Br)cc1S(=O)(=O)Nc1ccc(C(=O)OCC(=O)C=C2N(C)c3ccccc3C2(C)C)cc1. The summed E-state index contributed by atoms with van der Waals surface area (Å²) in [4.78, 5) is 27.2. The molecule has 39 heavy (non-hydrogen) atoms. The molecule has 0 saturated carbocycles. The molecular weight excluding hydrogens is 584 g/mol. The lowest BCUT2D eigenvalue weighted by molar-refractivity contribution is -0.117. The van der Waals surface area contributed by atoms with Crippen molar-refractivity contribution in [3.8, 4) is 5.75 Å². The monoisotopic (exact) mass is 612 g/mol. The van der Waals surface area contributed by atoms with Gasteiger partial charge in [0.25, 0.3) is 10.0 Å². The van der Waals surface area contributed by atoms with Crippen molar-refractivity contribution < 1.29 is 27.5 Å². The van der Waals surface area contributed by atoms with Crippen molar-refractivity contribution in [1.82, 2.24) is 0 Å². The number of hydrogen-bond donors (Lipinski definition) is 1. The van der Waals surface area contributed by atoms with Gasteiger partial charge in [0.1, 0.15) is 10.6 Å². The average Bonchev–Trinajstić information content (AvgIpc) is 3.09. The van der Waals surface area contributed by atoms with Gasteiger partial charge in [-0.1, -0.05) is 48.0 Å². The van der Waals surface area contributed by atoms with E-state index in [1.54, 1.807) is 19.1 Å². The summed E-state index contributed by atoms with van der Waals surface area (Å²) in [5.74, 6) is -0.803. The van der Waals surface area contributed by atoms with Gasteiger partial charge in [-0.05, 0) is 61.0 Å². The molecule has 0 bridgehead atoms. The first-order valence-corrected chi connectivity index (χ1v) is 14.5. The van der Waals surface area contributed by atoms with Crippen LogP contribution in [0.2, 0.25) is 0 Å². The van der Waals surface area contributed by atoms with Gasteiger partial charge in [-0.25, -0.2) is 13.2 Å². The topological polar surface area (TPSA) is 102 Å². The molecule has 1 aliphatic rings. The number of rotatable bonds is 9. The third kappa shape index (κ3) is 6.02. The third-order valence-corrected chi connectivity index (χ3v) is 8.35. The predicted molar refractivity (Wildman–Crippen MR) is 154 cm³/mol. The average molecular weight is 614 g/mol. The molecule has 1 heterocycles. The van der Waals surface area contributed by atoms with E-state index >= 15 is 0 Å². The van der Waals surface area contributed by atoms with E-state index in [1.807, 2.05) is 50.1 Å². The van der Waals surface area contributed by atoms with Crippen LogP contribution >= 0.6 is 15.9 Å². The molecule has 4 rings (SSSR count). The molecule has 0 unspecified atom stereocenters. The highest BCUT2D eigenvalue weighted by Crippen LogP contribution is 2.46. The first kappa shape index (κ1) is 28.4. The number of halogens is 1.